The van der Waals surface area contributed by atoms with Crippen LogP contribution in [-0.2, 0) is 0 Å². The molecule has 0 aromatic heterocycles. The van der Waals surface area contributed by atoms with E-state index in [1.54, 1.807) is 6.08 Å². The van der Waals surface area contributed by atoms with E-state index in [-0.39, 0.29) is 11.5 Å². The normalized spacial score (nSPS) is 40.9. The van der Waals surface area contributed by atoms with Gasteiger partial charge in [0.1, 0.15) is 6.17 Å². The summed E-state index contributed by atoms with van der Waals surface area (Å²) in [5.74, 6) is 0. The fourth-order valence-corrected chi connectivity index (χ4v) is 1.16. The van der Waals surface area contributed by atoms with Crippen LogP contribution in [0.4, 0.5) is 4.39 Å². The van der Waals surface area contributed by atoms with Gasteiger partial charge in [-0.3, -0.25) is 0 Å². The zero-order valence-corrected chi connectivity index (χ0v) is 6.31. The van der Waals surface area contributed by atoms with E-state index in [2.05, 4.69) is 6.58 Å². The summed E-state index contributed by atoms with van der Waals surface area (Å²) in [5, 5.41) is 0. The van der Waals surface area contributed by atoms with E-state index in [4.69, 9.17) is 5.73 Å². The fourth-order valence-electron chi connectivity index (χ4n) is 1.16. The van der Waals surface area contributed by atoms with Gasteiger partial charge >= 0.3 is 0 Å². The van der Waals surface area contributed by atoms with Crippen LogP contribution in [0.15, 0.2) is 12.7 Å². The maximum atomic E-state index is 12.6. The van der Waals surface area contributed by atoms with Gasteiger partial charge < -0.3 is 5.73 Å². The molecule has 0 aromatic carbocycles. The topological polar surface area (TPSA) is 26.0 Å². The van der Waals surface area contributed by atoms with E-state index in [1.807, 2.05) is 6.92 Å². The lowest BCUT2D eigenvalue weighted by atomic mass is 9.97. The van der Waals surface area contributed by atoms with Gasteiger partial charge in [-0.05, 0) is 12.8 Å². The average molecular weight is 143 g/mol. The van der Waals surface area contributed by atoms with Crippen LogP contribution in [-0.4, -0.2) is 12.2 Å². The molecular formula is C8H14FN. The first kappa shape index (κ1) is 7.73. The van der Waals surface area contributed by atoms with Gasteiger partial charge in [0.05, 0.1) is 0 Å². The summed E-state index contributed by atoms with van der Waals surface area (Å²) in [6.45, 7) is 5.46. The predicted octanol–water partition coefficient (Wildman–Crippen LogP) is 1.64. The molecule has 1 fully saturated rings. The Morgan fingerprint density at radius 3 is 2.80 bits per heavy atom. The molecule has 2 heteroatoms. The third kappa shape index (κ3) is 1.08. The second-order valence-electron chi connectivity index (χ2n) is 3.31. The van der Waals surface area contributed by atoms with Crippen molar-refractivity contribution in [3.8, 4) is 0 Å². The highest BCUT2D eigenvalue weighted by Gasteiger charge is 2.54. The number of hydrogen-bond acceptors (Lipinski definition) is 1. The lowest BCUT2D eigenvalue weighted by Crippen LogP contribution is -2.30. The number of nitrogens with two attached hydrogens (primary N) is 1. The van der Waals surface area contributed by atoms with E-state index in [1.165, 1.54) is 0 Å². The maximum Gasteiger partial charge on any atom is 0.108 e. The SMILES string of the molecule is C=CCC(N)C1(C)CC1F. The van der Waals surface area contributed by atoms with Gasteiger partial charge in [0.2, 0.25) is 0 Å². The van der Waals surface area contributed by atoms with Gasteiger partial charge in [0.15, 0.2) is 0 Å². The fraction of sp³-hybridized carbons (Fsp3) is 0.750. The standard InChI is InChI=1S/C8H14FN/c1-3-4-7(10)8(2)5-6(8)9/h3,6-7H,1,4-5,10H2,2H3. The first-order valence-corrected chi connectivity index (χ1v) is 3.62. The smallest absolute Gasteiger partial charge is 0.108 e. The third-order valence-corrected chi connectivity index (χ3v) is 2.44. The van der Waals surface area contributed by atoms with E-state index in [0.717, 1.165) is 6.42 Å². The summed E-state index contributed by atoms with van der Waals surface area (Å²) in [5.41, 5.74) is 5.46. The van der Waals surface area contributed by atoms with Crippen LogP contribution in [0.5, 0.6) is 0 Å². The monoisotopic (exact) mass is 143 g/mol. The molecule has 0 spiro atoms. The third-order valence-electron chi connectivity index (χ3n) is 2.44. The van der Waals surface area contributed by atoms with Crippen molar-refractivity contribution in [2.24, 2.45) is 11.1 Å². The molecule has 3 atom stereocenters. The van der Waals surface area contributed by atoms with Crippen molar-refractivity contribution in [2.75, 3.05) is 0 Å². The summed E-state index contributed by atoms with van der Waals surface area (Å²) in [4.78, 5) is 0. The summed E-state index contributed by atoms with van der Waals surface area (Å²) in [6, 6.07) is -0.0417. The van der Waals surface area contributed by atoms with Crippen LogP contribution in [0.25, 0.3) is 0 Å². The van der Waals surface area contributed by atoms with Crippen molar-refractivity contribution in [1.29, 1.82) is 0 Å². The van der Waals surface area contributed by atoms with Crippen molar-refractivity contribution < 1.29 is 4.39 Å². The number of alkyl halides is 1. The van der Waals surface area contributed by atoms with Crippen LogP contribution in [0, 0.1) is 5.41 Å². The largest absolute Gasteiger partial charge is 0.327 e. The van der Waals surface area contributed by atoms with Crippen LogP contribution in [0.1, 0.15) is 19.8 Å². The Morgan fingerprint density at radius 2 is 2.50 bits per heavy atom. The van der Waals surface area contributed by atoms with Crippen LogP contribution >= 0.6 is 0 Å². The molecule has 0 radical (unpaired) electrons. The van der Waals surface area contributed by atoms with Gasteiger partial charge in [0, 0.05) is 11.5 Å². The first-order chi connectivity index (χ1) is 4.61. The minimum absolute atomic E-state index is 0.0417. The Morgan fingerprint density at radius 1 is 2.00 bits per heavy atom. The minimum atomic E-state index is -0.678. The molecule has 0 amide bonds. The van der Waals surface area contributed by atoms with E-state index in [9.17, 15) is 4.39 Å². The lowest BCUT2D eigenvalue weighted by Gasteiger charge is -2.15. The molecule has 0 aromatic rings. The van der Waals surface area contributed by atoms with E-state index >= 15 is 0 Å². The molecule has 1 saturated carbocycles. The van der Waals surface area contributed by atoms with E-state index < -0.39 is 6.17 Å². The minimum Gasteiger partial charge on any atom is -0.327 e. The zero-order valence-electron chi connectivity index (χ0n) is 6.31. The summed E-state index contributed by atoms with van der Waals surface area (Å²) in [7, 11) is 0. The quantitative estimate of drug-likeness (QED) is 0.597. The molecule has 1 aliphatic rings. The lowest BCUT2D eigenvalue weighted by molar-refractivity contribution is 0.329. The van der Waals surface area contributed by atoms with Crippen molar-refractivity contribution in [3.63, 3.8) is 0 Å². The van der Waals surface area contributed by atoms with Gasteiger partial charge in [-0.1, -0.05) is 13.0 Å². The molecule has 0 heterocycles. The molecule has 10 heavy (non-hydrogen) atoms. The molecule has 1 nitrogen and oxygen atoms in total. The Balaban J connectivity index is 2.41. The summed E-state index contributed by atoms with van der Waals surface area (Å²) >= 11 is 0. The average Bonchev–Trinajstić information content (AvgIpc) is 2.43. The van der Waals surface area contributed by atoms with Gasteiger partial charge in [-0.25, -0.2) is 4.39 Å². The molecule has 0 aliphatic heterocycles. The Kier molecular flexibility index (Phi) is 1.82. The highest BCUT2D eigenvalue weighted by Crippen LogP contribution is 2.51. The van der Waals surface area contributed by atoms with Gasteiger partial charge in [-0.2, -0.15) is 0 Å². The Bertz CT molecular complexity index is 146. The zero-order chi connectivity index (χ0) is 7.78. The maximum absolute atomic E-state index is 12.6. The Labute approximate surface area is 61.1 Å². The van der Waals surface area contributed by atoms with E-state index in [0.29, 0.717) is 6.42 Å². The number of halogens is 1. The van der Waals surface area contributed by atoms with Gasteiger partial charge in [0.25, 0.3) is 0 Å². The van der Waals surface area contributed by atoms with Crippen LogP contribution in [0.3, 0.4) is 0 Å². The molecular weight excluding hydrogens is 129 g/mol. The number of hydrogen-bond donors (Lipinski definition) is 1. The molecule has 1 aliphatic carbocycles. The number of rotatable bonds is 3. The highest BCUT2D eigenvalue weighted by atomic mass is 19.1. The molecule has 0 saturated heterocycles. The van der Waals surface area contributed by atoms with Crippen LogP contribution < -0.4 is 5.73 Å². The van der Waals surface area contributed by atoms with Crippen molar-refractivity contribution >= 4 is 0 Å². The molecule has 0 bridgehead atoms. The van der Waals surface area contributed by atoms with Crippen molar-refractivity contribution in [3.05, 3.63) is 12.7 Å². The second kappa shape index (κ2) is 2.35. The Hall–Kier alpha value is -0.370. The van der Waals surface area contributed by atoms with Crippen molar-refractivity contribution in [1.82, 2.24) is 0 Å². The first-order valence-electron chi connectivity index (χ1n) is 3.62. The van der Waals surface area contributed by atoms with Gasteiger partial charge in [-0.15, -0.1) is 6.58 Å². The molecule has 1 rings (SSSR count). The van der Waals surface area contributed by atoms with Crippen molar-refractivity contribution in [2.45, 2.75) is 32.0 Å². The molecule has 58 valence electrons. The second-order valence-corrected chi connectivity index (χ2v) is 3.31. The summed E-state index contributed by atoms with van der Waals surface area (Å²) < 4.78 is 12.6. The predicted molar refractivity (Wildman–Crippen MR) is 40.4 cm³/mol. The highest BCUT2D eigenvalue weighted by molar-refractivity contribution is 5.07. The summed E-state index contributed by atoms with van der Waals surface area (Å²) in [6.07, 6.45) is 2.42. The van der Waals surface area contributed by atoms with Crippen LogP contribution in [0.2, 0.25) is 0 Å². The molecule has 3 unspecified atom stereocenters. The molecule has 2 N–H and O–H groups in total.